The van der Waals surface area contributed by atoms with Gasteiger partial charge < -0.3 is 14.0 Å². The van der Waals surface area contributed by atoms with Crippen LogP contribution >= 0.6 is 0 Å². The first-order valence-electron chi connectivity index (χ1n) is 10.8. The summed E-state index contributed by atoms with van der Waals surface area (Å²) in [5.74, 6) is 1.13. The fraction of sp³-hybridized carbons (Fsp3) is 0.143. The number of methoxy groups -OCH3 is 2. The lowest BCUT2D eigenvalue weighted by Crippen LogP contribution is -2.17. The Bertz CT molecular complexity index is 1350. The molecule has 0 atom stereocenters. The average Bonchev–Trinajstić information content (AvgIpc) is 3.23. The number of hydrogen-bond donors (Lipinski definition) is 0. The molecule has 4 aromatic rings. The van der Waals surface area contributed by atoms with Crippen molar-refractivity contribution in [3.63, 3.8) is 0 Å². The zero-order chi connectivity index (χ0) is 22.9. The molecule has 1 aliphatic heterocycles. The van der Waals surface area contributed by atoms with Crippen LogP contribution in [0.2, 0.25) is 0 Å². The van der Waals surface area contributed by atoms with E-state index in [1.165, 1.54) is 0 Å². The van der Waals surface area contributed by atoms with Crippen molar-refractivity contribution in [1.29, 1.82) is 0 Å². The van der Waals surface area contributed by atoms with Gasteiger partial charge in [-0.05, 0) is 29.7 Å². The number of hydrogen-bond acceptors (Lipinski definition) is 4. The lowest BCUT2D eigenvalue weighted by molar-refractivity contribution is 0.103. The average molecular weight is 437 g/mol. The predicted molar refractivity (Wildman–Crippen MR) is 127 cm³/mol. The molecule has 0 amide bonds. The summed E-state index contributed by atoms with van der Waals surface area (Å²) in [5.41, 5.74) is 5.80. The molecule has 0 spiro atoms. The second kappa shape index (κ2) is 8.43. The van der Waals surface area contributed by atoms with Crippen molar-refractivity contribution in [2.24, 2.45) is 0 Å². The lowest BCUT2D eigenvalue weighted by Gasteiger charge is -2.23. The van der Waals surface area contributed by atoms with Crippen LogP contribution in [0.1, 0.15) is 32.0 Å². The first kappa shape index (κ1) is 20.8. The third kappa shape index (κ3) is 3.33. The molecule has 1 aromatic heterocycles. The molecular weight excluding hydrogens is 414 g/mol. The van der Waals surface area contributed by atoms with Crippen LogP contribution in [0.3, 0.4) is 0 Å². The number of nitrogens with zero attached hydrogens (tertiary/aromatic N) is 1. The normalized spacial score (nSPS) is 11.9. The van der Waals surface area contributed by atoms with Crippen LogP contribution < -0.4 is 9.47 Å². The third-order valence-electron chi connectivity index (χ3n) is 6.20. The summed E-state index contributed by atoms with van der Waals surface area (Å²) in [6.07, 6.45) is 1.57. The maximum absolute atomic E-state index is 13.8. The molecule has 0 bridgehead atoms. The highest BCUT2D eigenvalue weighted by molar-refractivity contribution is 6.16. The van der Waals surface area contributed by atoms with Gasteiger partial charge in [0.2, 0.25) is 5.78 Å². The van der Waals surface area contributed by atoms with Crippen molar-refractivity contribution in [2.45, 2.75) is 13.0 Å². The maximum atomic E-state index is 13.8. The van der Waals surface area contributed by atoms with E-state index in [9.17, 15) is 9.59 Å². The van der Waals surface area contributed by atoms with Crippen LogP contribution in [0.15, 0.2) is 72.8 Å². The second-order valence-corrected chi connectivity index (χ2v) is 7.93. The molecule has 5 rings (SSSR count). The standard InChI is InChI=1S/C28H23NO4/c1-32-23-15-20-13-14-29-26(21(20)16-24(23)33-2)22(17-30)25(18-9-5-3-6-10-18)27(29)28(31)19-11-7-4-8-12-19/h3-12,15-17H,13-14H2,1-2H3. The number of aryl methyl sites for hydroxylation is 1. The molecular formula is C28H23NO4. The largest absolute Gasteiger partial charge is 0.493 e. The molecule has 1 aliphatic rings. The first-order chi connectivity index (χ1) is 16.2. The topological polar surface area (TPSA) is 57.5 Å². The number of ketones is 1. The highest BCUT2D eigenvalue weighted by Crippen LogP contribution is 2.45. The summed E-state index contributed by atoms with van der Waals surface area (Å²) in [6.45, 7) is 0.583. The summed E-state index contributed by atoms with van der Waals surface area (Å²) in [7, 11) is 3.20. The van der Waals surface area contributed by atoms with Crippen molar-refractivity contribution in [2.75, 3.05) is 14.2 Å². The van der Waals surface area contributed by atoms with Gasteiger partial charge in [0.1, 0.15) is 0 Å². The Balaban J connectivity index is 1.85. The van der Waals surface area contributed by atoms with E-state index in [2.05, 4.69) is 0 Å². The van der Waals surface area contributed by atoms with E-state index in [4.69, 9.17) is 9.47 Å². The van der Waals surface area contributed by atoms with Crippen LogP contribution in [-0.2, 0) is 13.0 Å². The molecule has 33 heavy (non-hydrogen) atoms. The third-order valence-corrected chi connectivity index (χ3v) is 6.20. The molecule has 2 heterocycles. The summed E-state index contributed by atoms with van der Waals surface area (Å²) < 4.78 is 13.0. The van der Waals surface area contributed by atoms with Gasteiger partial charge in [-0.25, -0.2) is 0 Å². The summed E-state index contributed by atoms with van der Waals surface area (Å²) in [4.78, 5) is 26.3. The van der Waals surface area contributed by atoms with Crippen molar-refractivity contribution in [1.82, 2.24) is 4.57 Å². The predicted octanol–water partition coefficient (Wildman–Crippen LogP) is 5.44. The highest BCUT2D eigenvalue weighted by atomic mass is 16.5. The number of ether oxygens (including phenoxy) is 2. The molecule has 0 saturated heterocycles. The van der Waals surface area contributed by atoms with Gasteiger partial charge in [-0.1, -0.05) is 60.7 Å². The molecule has 3 aromatic carbocycles. The van der Waals surface area contributed by atoms with E-state index >= 15 is 0 Å². The Morgan fingerprint density at radius 3 is 2.18 bits per heavy atom. The minimum absolute atomic E-state index is 0.104. The molecule has 164 valence electrons. The van der Waals surface area contributed by atoms with Crippen LogP contribution in [0.25, 0.3) is 22.4 Å². The second-order valence-electron chi connectivity index (χ2n) is 7.93. The molecule has 0 saturated carbocycles. The van der Waals surface area contributed by atoms with Gasteiger partial charge in [0.15, 0.2) is 17.8 Å². The quantitative estimate of drug-likeness (QED) is 0.298. The molecule has 0 N–H and O–H groups in total. The number of benzene rings is 3. The van der Waals surface area contributed by atoms with Crippen molar-refractivity contribution < 1.29 is 19.1 Å². The van der Waals surface area contributed by atoms with E-state index in [1.807, 2.05) is 77.4 Å². The molecule has 0 aliphatic carbocycles. The minimum atomic E-state index is -0.104. The van der Waals surface area contributed by atoms with Gasteiger partial charge in [0.05, 0.1) is 25.6 Å². The molecule has 0 fully saturated rings. The van der Waals surface area contributed by atoms with E-state index in [0.29, 0.717) is 46.8 Å². The number of fused-ring (bicyclic) bond motifs is 3. The summed E-state index contributed by atoms with van der Waals surface area (Å²) >= 11 is 0. The van der Waals surface area contributed by atoms with Gasteiger partial charge in [-0.2, -0.15) is 0 Å². The summed E-state index contributed by atoms with van der Waals surface area (Å²) in [6, 6.07) is 22.7. The van der Waals surface area contributed by atoms with Gasteiger partial charge in [0.25, 0.3) is 0 Å². The SMILES string of the molecule is COc1cc2c(cc1OC)-c1c(C=O)c(-c3ccccc3)c(C(=O)c3ccccc3)n1CC2. The zero-order valence-electron chi connectivity index (χ0n) is 18.5. The van der Waals surface area contributed by atoms with Crippen LogP contribution in [0, 0.1) is 0 Å². The fourth-order valence-electron chi connectivity index (χ4n) is 4.71. The Morgan fingerprint density at radius 1 is 0.909 bits per heavy atom. The smallest absolute Gasteiger partial charge is 0.210 e. The monoisotopic (exact) mass is 437 g/mol. The number of carbonyl (C=O) groups excluding carboxylic acids is 2. The van der Waals surface area contributed by atoms with Gasteiger partial charge in [-0.3, -0.25) is 9.59 Å². The minimum Gasteiger partial charge on any atom is -0.493 e. The number of aromatic nitrogens is 1. The zero-order valence-corrected chi connectivity index (χ0v) is 18.5. The number of rotatable bonds is 6. The molecule has 0 unspecified atom stereocenters. The number of aldehydes is 1. The van der Waals surface area contributed by atoms with E-state index in [1.54, 1.807) is 14.2 Å². The van der Waals surface area contributed by atoms with Gasteiger partial charge in [0, 0.05) is 28.8 Å². The fourth-order valence-corrected chi connectivity index (χ4v) is 4.71. The van der Waals surface area contributed by atoms with Crippen LogP contribution in [0.5, 0.6) is 11.5 Å². The maximum Gasteiger partial charge on any atom is 0.210 e. The number of carbonyl (C=O) groups is 2. The van der Waals surface area contributed by atoms with Crippen molar-refractivity contribution in [3.05, 3.63) is 95.2 Å². The Morgan fingerprint density at radius 2 is 1.55 bits per heavy atom. The van der Waals surface area contributed by atoms with Gasteiger partial charge >= 0.3 is 0 Å². The Kier molecular flexibility index (Phi) is 5.31. The molecule has 0 radical (unpaired) electrons. The van der Waals surface area contributed by atoms with E-state index in [-0.39, 0.29) is 5.78 Å². The van der Waals surface area contributed by atoms with E-state index in [0.717, 1.165) is 28.7 Å². The molecule has 5 nitrogen and oxygen atoms in total. The van der Waals surface area contributed by atoms with E-state index < -0.39 is 0 Å². The van der Waals surface area contributed by atoms with Gasteiger partial charge in [-0.15, -0.1) is 0 Å². The summed E-state index contributed by atoms with van der Waals surface area (Å²) in [5, 5.41) is 0. The lowest BCUT2D eigenvalue weighted by atomic mass is 9.93. The highest BCUT2D eigenvalue weighted by Gasteiger charge is 2.32. The molecule has 5 heteroatoms. The van der Waals surface area contributed by atoms with Crippen LogP contribution in [-0.4, -0.2) is 30.9 Å². The van der Waals surface area contributed by atoms with Crippen LogP contribution in [0.4, 0.5) is 0 Å². The first-order valence-corrected chi connectivity index (χ1v) is 10.8. The Labute approximate surface area is 192 Å². The van der Waals surface area contributed by atoms with Crippen molar-refractivity contribution in [3.8, 4) is 33.9 Å². The Hall–Kier alpha value is -4.12. The van der Waals surface area contributed by atoms with Crippen molar-refractivity contribution >= 4 is 12.1 Å².